The van der Waals surface area contributed by atoms with Crippen LogP contribution in [-0.4, -0.2) is 32.3 Å². The Bertz CT molecular complexity index is 1340. The van der Waals surface area contributed by atoms with Crippen molar-refractivity contribution in [2.24, 2.45) is 0 Å². The summed E-state index contributed by atoms with van der Waals surface area (Å²) in [6.07, 6.45) is 26.1. The van der Waals surface area contributed by atoms with Gasteiger partial charge in [-0.3, -0.25) is 4.55 Å². The second-order valence-electron chi connectivity index (χ2n) is 12.1. The molecule has 0 fully saturated rings. The number of aryl methyl sites for hydroxylation is 1. The Labute approximate surface area is 261 Å². The molecule has 43 heavy (non-hydrogen) atoms. The molecule has 0 aliphatic carbocycles. The fraction of sp³-hybridized carbons (Fsp3) is 0.541. The molecule has 5 nitrogen and oxygen atoms in total. The first-order valence-corrected chi connectivity index (χ1v) is 18.3. The average Bonchev–Trinajstić information content (AvgIpc) is 3.00. The fourth-order valence-corrected chi connectivity index (χ4v) is 6.26. The molecular formula is C37H55N2O3S+. The van der Waals surface area contributed by atoms with Gasteiger partial charge in [0, 0.05) is 37.8 Å². The normalized spacial score (nSPS) is 12.0. The Morgan fingerprint density at radius 1 is 0.721 bits per heavy atom. The van der Waals surface area contributed by atoms with Crippen LogP contribution in [0.4, 0.5) is 5.69 Å². The Morgan fingerprint density at radius 2 is 1.30 bits per heavy atom. The molecule has 1 aromatic heterocycles. The number of anilines is 1. The van der Waals surface area contributed by atoms with Gasteiger partial charge in [0.05, 0.1) is 11.1 Å². The number of hydrogen-bond acceptors (Lipinski definition) is 3. The van der Waals surface area contributed by atoms with E-state index in [-0.39, 0.29) is 5.75 Å². The quantitative estimate of drug-likeness (QED) is 0.0702. The molecule has 0 aliphatic heterocycles. The molecule has 1 N–H and O–H groups in total. The topological polar surface area (TPSA) is 61.5 Å². The summed E-state index contributed by atoms with van der Waals surface area (Å²) in [6.45, 7) is 3.90. The van der Waals surface area contributed by atoms with Crippen molar-refractivity contribution in [3.8, 4) is 0 Å². The number of rotatable bonds is 22. The number of benzene rings is 2. The zero-order valence-corrected chi connectivity index (χ0v) is 27.5. The largest absolute Gasteiger partial charge is 0.375 e. The van der Waals surface area contributed by atoms with Gasteiger partial charge in [0.1, 0.15) is 6.54 Å². The van der Waals surface area contributed by atoms with Crippen LogP contribution in [0.15, 0.2) is 60.8 Å². The first-order valence-electron chi connectivity index (χ1n) is 16.7. The van der Waals surface area contributed by atoms with Crippen molar-refractivity contribution in [3.05, 3.63) is 71.9 Å². The Balaban J connectivity index is 1.37. The molecule has 6 heteroatoms. The summed E-state index contributed by atoms with van der Waals surface area (Å²) in [4.78, 5) is 2.36. The van der Waals surface area contributed by atoms with Crippen LogP contribution in [0.5, 0.6) is 0 Å². The Kier molecular flexibility index (Phi) is 15.8. The molecule has 1 heterocycles. The number of fused-ring (bicyclic) bond motifs is 1. The Hall–Kier alpha value is -2.70. The monoisotopic (exact) mass is 607 g/mol. The molecule has 236 valence electrons. The highest BCUT2D eigenvalue weighted by Gasteiger charge is 2.13. The van der Waals surface area contributed by atoms with Crippen LogP contribution < -0.4 is 9.47 Å². The van der Waals surface area contributed by atoms with Crippen LogP contribution in [0, 0.1) is 0 Å². The van der Waals surface area contributed by atoms with Gasteiger partial charge in [0.15, 0.2) is 6.20 Å². The minimum absolute atomic E-state index is 0.236. The molecule has 3 aromatic rings. The third-order valence-corrected chi connectivity index (χ3v) is 9.20. The number of aromatic nitrogens is 1. The third-order valence-electron chi connectivity index (χ3n) is 8.40. The zero-order valence-electron chi connectivity index (χ0n) is 26.7. The van der Waals surface area contributed by atoms with Crippen LogP contribution in [-0.2, 0) is 16.7 Å². The number of hydrogen-bond donors (Lipinski definition) is 1. The first kappa shape index (κ1) is 34.8. The number of unbranched alkanes of at least 4 members (excludes halogenated alkanes) is 13. The lowest BCUT2D eigenvalue weighted by molar-refractivity contribution is -0.671. The molecule has 0 saturated heterocycles. The minimum Gasteiger partial charge on any atom is -0.375 e. The number of pyridine rings is 1. The van der Waals surface area contributed by atoms with Gasteiger partial charge in [-0.15, -0.1) is 0 Å². The van der Waals surface area contributed by atoms with Gasteiger partial charge in [-0.2, -0.15) is 13.0 Å². The fourth-order valence-electron chi connectivity index (χ4n) is 5.76. The summed E-state index contributed by atoms with van der Waals surface area (Å²) in [5.74, 6) is -0.236. The van der Waals surface area contributed by atoms with Crippen molar-refractivity contribution in [2.45, 2.75) is 110 Å². The average molecular weight is 608 g/mol. The molecule has 0 spiro atoms. The predicted octanol–water partition coefficient (Wildman–Crippen LogP) is 9.49. The van der Waals surface area contributed by atoms with Crippen LogP contribution in [0.2, 0.25) is 0 Å². The lowest BCUT2D eigenvalue weighted by Gasteiger charge is -2.19. The van der Waals surface area contributed by atoms with E-state index < -0.39 is 10.1 Å². The zero-order chi connectivity index (χ0) is 30.8. The lowest BCUT2D eigenvalue weighted by atomic mass is 10.0. The van der Waals surface area contributed by atoms with Crippen molar-refractivity contribution in [1.29, 1.82) is 0 Å². The van der Waals surface area contributed by atoms with E-state index in [1.807, 2.05) is 29.0 Å². The van der Waals surface area contributed by atoms with Crippen LogP contribution >= 0.6 is 0 Å². The summed E-state index contributed by atoms with van der Waals surface area (Å²) in [5, 5.41) is 1.11. The van der Waals surface area contributed by atoms with Gasteiger partial charge in [-0.05, 0) is 35.7 Å². The molecule has 0 amide bonds. The van der Waals surface area contributed by atoms with E-state index in [1.54, 1.807) is 0 Å². The highest BCUT2D eigenvalue weighted by Crippen LogP contribution is 2.20. The van der Waals surface area contributed by atoms with Crippen LogP contribution in [0.25, 0.3) is 23.1 Å². The van der Waals surface area contributed by atoms with Crippen molar-refractivity contribution in [3.63, 3.8) is 0 Å². The van der Waals surface area contributed by atoms with Gasteiger partial charge >= 0.3 is 0 Å². The standard InChI is InChI=1S/C37H54N2O3S/c1-3-4-5-6-7-8-9-10-11-12-13-14-15-18-29-38(2)35-26-23-33(24-27-35)22-25-34-28-31-39(30-19-32-43(40,41)42)37-21-17-16-20-36(34)37/h16-17,20-28,31H,3-15,18-19,29-30,32H2,1-2H3/p+1. The molecule has 0 bridgehead atoms. The van der Waals surface area contributed by atoms with E-state index in [0.717, 1.165) is 28.6 Å². The summed E-state index contributed by atoms with van der Waals surface area (Å²) >= 11 is 0. The van der Waals surface area contributed by atoms with Gasteiger partial charge in [-0.25, -0.2) is 0 Å². The molecule has 2 aromatic carbocycles. The number of nitrogens with zero attached hydrogens (tertiary/aromatic N) is 2. The molecular weight excluding hydrogens is 552 g/mol. The maximum atomic E-state index is 11.1. The van der Waals surface area contributed by atoms with Crippen molar-refractivity contribution < 1.29 is 17.5 Å². The van der Waals surface area contributed by atoms with E-state index in [2.05, 4.69) is 67.4 Å². The highest BCUT2D eigenvalue weighted by atomic mass is 32.2. The molecule has 0 aliphatic rings. The summed E-state index contributed by atoms with van der Waals surface area (Å²) in [6, 6.07) is 19.0. The van der Waals surface area contributed by atoms with E-state index in [0.29, 0.717) is 13.0 Å². The highest BCUT2D eigenvalue weighted by molar-refractivity contribution is 7.85. The van der Waals surface area contributed by atoms with Gasteiger partial charge < -0.3 is 4.90 Å². The summed E-state index contributed by atoms with van der Waals surface area (Å²) in [5.41, 5.74) is 4.56. The van der Waals surface area contributed by atoms with Gasteiger partial charge in [0.2, 0.25) is 5.52 Å². The number of para-hydroxylation sites is 1. The maximum absolute atomic E-state index is 11.1. The van der Waals surface area contributed by atoms with Crippen molar-refractivity contribution in [2.75, 3.05) is 24.2 Å². The van der Waals surface area contributed by atoms with E-state index in [9.17, 15) is 8.42 Å². The van der Waals surface area contributed by atoms with E-state index in [4.69, 9.17) is 4.55 Å². The van der Waals surface area contributed by atoms with Crippen LogP contribution in [0.3, 0.4) is 0 Å². The smallest absolute Gasteiger partial charge is 0.265 e. The van der Waals surface area contributed by atoms with Crippen LogP contribution in [0.1, 0.15) is 114 Å². The Morgan fingerprint density at radius 3 is 1.91 bits per heavy atom. The van der Waals surface area contributed by atoms with Crippen molar-refractivity contribution in [1.82, 2.24) is 0 Å². The molecule has 3 rings (SSSR count). The van der Waals surface area contributed by atoms with E-state index in [1.165, 1.54) is 95.6 Å². The third kappa shape index (κ3) is 13.6. The van der Waals surface area contributed by atoms with Gasteiger partial charge in [0.25, 0.3) is 10.1 Å². The van der Waals surface area contributed by atoms with Gasteiger partial charge in [-0.1, -0.05) is 127 Å². The molecule has 0 saturated carbocycles. The first-order chi connectivity index (χ1) is 20.9. The molecule has 0 atom stereocenters. The SMILES string of the molecule is CCCCCCCCCCCCCCCCN(C)c1ccc(/C=C/c2cc[n+](CCCS(=O)(=O)O)c3ccccc23)cc1. The minimum atomic E-state index is -3.95. The molecule has 0 unspecified atom stereocenters. The summed E-state index contributed by atoms with van der Waals surface area (Å²) < 4.78 is 33.3. The lowest BCUT2D eigenvalue weighted by Crippen LogP contribution is -2.35. The van der Waals surface area contributed by atoms with Crippen molar-refractivity contribution >= 4 is 38.9 Å². The summed E-state index contributed by atoms with van der Waals surface area (Å²) in [7, 11) is -1.76. The molecule has 0 radical (unpaired) electrons. The second-order valence-corrected chi connectivity index (χ2v) is 13.6. The predicted molar refractivity (Wildman–Crippen MR) is 184 cm³/mol. The second kappa shape index (κ2) is 19.6. The van der Waals surface area contributed by atoms with E-state index >= 15 is 0 Å². The maximum Gasteiger partial charge on any atom is 0.265 e.